The predicted octanol–water partition coefficient (Wildman–Crippen LogP) is 2.75. The van der Waals surface area contributed by atoms with Gasteiger partial charge in [-0.25, -0.2) is 14.2 Å². The fraction of sp³-hybridized carbons (Fsp3) is 0.286. The normalized spacial score (nSPS) is 12.4. The average molecular weight is 262 g/mol. The minimum Gasteiger partial charge on any atom is -0.459 e. The van der Waals surface area contributed by atoms with E-state index in [9.17, 15) is 9.18 Å². The van der Waals surface area contributed by atoms with Crippen molar-refractivity contribution in [2.24, 2.45) is 0 Å². The van der Waals surface area contributed by atoms with Crippen molar-refractivity contribution in [3.8, 4) is 0 Å². The molecule has 0 spiro atoms. The number of nitrogens with one attached hydrogen (secondary N) is 1. The fourth-order valence-electron chi connectivity index (χ4n) is 1.73. The second kappa shape index (κ2) is 5.22. The van der Waals surface area contributed by atoms with Gasteiger partial charge in [0.2, 0.25) is 0 Å². The number of H-pyrrole nitrogens is 1. The van der Waals surface area contributed by atoms with Crippen molar-refractivity contribution in [2.75, 3.05) is 0 Å². The summed E-state index contributed by atoms with van der Waals surface area (Å²) in [7, 11) is 0. The third-order valence-corrected chi connectivity index (χ3v) is 2.63. The number of ether oxygens (including phenoxy) is 1. The maximum atomic E-state index is 13.0. The summed E-state index contributed by atoms with van der Waals surface area (Å²) in [5.41, 5.74) is 1.68. The number of aromatic nitrogens is 2. The van der Waals surface area contributed by atoms with E-state index in [0.29, 0.717) is 28.9 Å². The van der Waals surface area contributed by atoms with Crippen LogP contribution in [-0.2, 0) is 16.0 Å². The maximum absolute atomic E-state index is 13.0. The zero-order chi connectivity index (χ0) is 14.0. The van der Waals surface area contributed by atoms with Crippen LogP contribution in [0.25, 0.3) is 11.0 Å². The molecule has 0 aliphatic heterocycles. The second-order valence-electron chi connectivity index (χ2n) is 4.55. The van der Waals surface area contributed by atoms with Gasteiger partial charge in [-0.3, -0.25) is 0 Å². The van der Waals surface area contributed by atoms with Crippen LogP contribution in [0.15, 0.2) is 30.4 Å². The summed E-state index contributed by atoms with van der Waals surface area (Å²) in [5, 5.41) is 0. The highest BCUT2D eigenvalue weighted by atomic mass is 19.1. The Morgan fingerprint density at radius 3 is 3.00 bits per heavy atom. The van der Waals surface area contributed by atoms with E-state index in [2.05, 4.69) is 16.5 Å². The summed E-state index contributed by atoms with van der Waals surface area (Å²) in [6.45, 7) is 6.89. The van der Waals surface area contributed by atoms with Gasteiger partial charge in [-0.15, -0.1) is 0 Å². The lowest BCUT2D eigenvalue weighted by molar-refractivity contribution is -0.143. The van der Waals surface area contributed by atoms with Gasteiger partial charge in [0.05, 0.1) is 11.0 Å². The molecule has 1 unspecified atom stereocenters. The van der Waals surface area contributed by atoms with E-state index in [4.69, 9.17) is 4.74 Å². The lowest BCUT2D eigenvalue weighted by atomic mass is 10.2. The minimum atomic E-state index is -0.422. The molecule has 2 aromatic rings. The number of halogens is 1. The Hall–Kier alpha value is -2.17. The first-order chi connectivity index (χ1) is 8.95. The molecule has 0 saturated carbocycles. The first kappa shape index (κ1) is 13.3. The Morgan fingerprint density at radius 1 is 1.58 bits per heavy atom. The van der Waals surface area contributed by atoms with Crippen molar-refractivity contribution in [3.05, 3.63) is 42.0 Å². The van der Waals surface area contributed by atoms with Crippen LogP contribution in [0.3, 0.4) is 0 Å². The van der Waals surface area contributed by atoms with Crippen LogP contribution in [0.5, 0.6) is 0 Å². The van der Waals surface area contributed by atoms with E-state index in [-0.39, 0.29) is 11.9 Å². The third-order valence-electron chi connectivity index (χ3n) is 2.63. The van der Waals surface area contributed by atoms with Gasteiger partial charge < -0.3 is 9.72 Å². The van der Waals surface area contributed by atoms with Gasteiger partial charge in [0.1, 0.15) is 17.7 Å². The summed E-state index contributed by atoms with van der Waals surface area (Å²) in [6.07, 6.45) is 0.115. The monoisotopic (exact) mass is 262 g/mol. The lowest BCUT2D eigenvalue weighted by Gasteiger charge is -2.11. The number of hydrogen-bond donors (Lipinski definition) is 1. The number of esters is 1. The minimum absolute atomic E-state index is 0.315. The maximum Gasteiger partial charge on any atom is 0.333 e. The average Bonchev–Trinajstić information content (AvgIpc) is 2.69. The van der Waals surface area contributed by atoms with Crippen LogP contribution < -0.4 is 0 Å². The highest BCUT2D eigenvalue weighted by molar-refractivity contribution is 5.87. The van der Waals surface area contributed by atoms with Gasteiger partial charge >= 0.3 is 5.97 Å². The van der Waals surface area contributed by atoms with Crippen molar-refractivity contribution in [1.82, 2.24) is 9.97 Å². The quantitative estimate of drug-likeness (QED) is 0.681. The summed E-state index contributed by atoms with van der Waals surface area (Å²) >= 11 is 0. The molecule has 0 aliphatic rings. The molecular formula is C14H15FN2O2. The molecule has 5 heteroatoms. The zero-order valence-electron chi connectivity index (χ0n) is 10.9. The van der Waals surface area contributed by atoms with E-state index in [0.717, 1.165) is 0 Å². The summed E-state index contributed by atoms with van der Waals surface area (Å²) in [5.74, 6) is -0.0817. The molecule has 100 valence electrons. The van der Waals surface area contributed by atoms with Crippen LogP contribution >= 0.6 is 0 Å². The molecule has 1 aromatic carbocycles. The van der Waals surface area contributed by atoms with Crippen LogP contribution in [0, 0.1) is 5.82 Å². The molecule has 0 fully saturated rings. The predicted molar refractivity (Wildman–Crippen MR) is 70.1 cm³/mol. The molecule has 1 atom stereocenters. The van der Waals surface area contributed by atoms with Crippen molar-refractivity contribution in [1.29, 1.82) is 0 Å². The number of imidazole rings is 1. The highest BCUT2D eigenvalue weighted by Crippen LogP contribution is 2.14. The van der Waals surface area contributed by atoms with E-state index >= 15 is 0 Å². The number of carbonyl (C=O) groups is 1. The Labute approximate surface area is 110 Å². The molecule has 1 heterocycles. The number of benzene rings is 1. The largest absolute Gasteiger partial charge is 0.459 e. The van der Waals surface area contributed by atoms with E-state index in [1.807, 2.05) is 0 Å². The third kappa shape index (κ3) is 3.19. The fourth-order valence-corrected chi connectivity index (χ4v) is 1.73. The van der Waals surface area contributed by atoms with E-state index in [1.165, 1.54) is 12.1 Å². The van der Waals surface area contributed by atoms with Gasteiger partial charge in [0.25, 0.3) is 0 Å². The second-order valence-corrected chi connectivity index (χ2v) is 4.55. The molecule has 0 radical (unpaired) electrons. The van der Waals surface area contributed by atoms with Gasteiger partial charge in [-0.1, -0.05) is 6.58 Å². The van der Waals surface area contributed by atoms with Crippen LogP contribution in [0.2, 0.25) is 0 Å². The number of nitrogens with zero attached hydrogens (tertiary/aromatic N) is 1. The number of hydrogen-bond acceptors (Lipinski definition) is 3. The molecule has 4 nitrogen and oxygen atoms in total. The standard InChI is InChI=1S/C14H15FN2O2/c1-8(2)14(18)19-9(3)6-13-16-11-5-4-10(15)7-12(11)17-13/h4-5,7,9H,1,6H2,2-3H3,(H,16,17). The lowest BCUT2D eigenvalue weighted by Crippen LogP contribution is -2.18. The molecule has 0 bridgehead atoms. The first-order valence-electron chi connectivity index (χ1n) is 5.96. The van der Waals surface area contributed by atoms with Gasteiger partial charge in [-0.2, -0.15) is 0 Å². The van der Waals surface area contributed by atoms with Crippen molar-refractivity contribution >= 4 is 17.0 Å². The number of fused-ring (bicyclic) bond motifs is 1. The summed E-state index contributed by atoms with van der Waals surface area (Å²) in [6, 6.07) is 4.35. The van der Waals surface area contributed by atoms with Crippen LogP contribution in [0.1, 0.15) is 19.7 Å². The zero-order valence-corrected chi connectivity index (χ0v) is 10.9. The van der Waals surface area contributed by atoms with Crippen LogP contribution in [0.4, 0.5) is 4.39 Å². The Balaban J connectivity index is 2.08. The topological polar surface area (TPSA) is 55.0 Å². The molecule has 0 saturated heterocycles. The SMILES string of the molecule is C=C(C)C(=O)OC(C)Cc1nc2ccc(F)cc2[nH]1. The van der Waals surface area contributed by atoms with Gasteiger partial charge in [-0.05, 0) is 32.0 Å². The summed E-state index contributed by atoms with van der Waals surface area (Å²) in [4.78, 5) is 18.7. The first-order valence-corrected chi connectivity index (χ1v) is 5.96. The molecule has 19 heavy (non-hydrogen) atoms. The number of rotatable bonds is 4. The number of aromatic amines is 1. The Bertz CT molecular complexity index is 633. The molecular weight excluding hydrogens is 247 g/mol. The van der Waals surface area contributed by atoms with Gasteiger partial charge in [0.15, 0.2) is 0 Å². The molecule has 1 N–H and O–H groups in total. The van der Waals surface area contributed by atoms with Gasteiger partial charge in [0, 0.05) is 12.0 Å². The Kier molecular flexibility index (Phi) is 3.64. The highest BCUT2D eigenvalue weighted by Gasteiger charge is 2.13. The molecule has 2 rings (SSSR count). The van der Waals surface area contributed by atoms with Crippen molar-refractivity contribution < 1.29 is 13.9 Å². The molecule has 0 aliphatic carbocycles. The Morgan fingerprint density at radius 2 is 2.32 bits per heavy atom. The van der Waals surface area contributed by atoms with Crippen molar-refractivity contribution in [3.63, 3.8) is 0 Å². The van der Waals surface area contributed by atoms with Crippen LogP contribution in [-0.4, -0.2) is 22.0 Å². The summed E-state index contributed by atoms with van der Waals surface area (Å²) < 4.78 is 18.2. The van der Waals surface area contributed by atoms with E-state index in [1.54, 1.807) is 19.9 Å². The van der Waals surface area contributed by atoms with E-state index < -0.39 is 5.97 Å². The van der Waals surface area contributed by atoms with Crippen molar-refractivity contribution in [2.45, 2.75) is 26.4 Å². The number of carbonyl (C=O) groups excluding carboxylic acids is 1. The molecule has 1 aromatic heterocycles. The molecule has 0 amide bonds. The smallest absolute Gasteiger partial charge is 0.333 e.